The molecule has 31 heavy (non-hydrogen) atoms. The molecule has 4 rings (SSSR count). The largest absolute Gasteiger partial charge is 0.378 e. The van der Waals surface area contributed by atoms with Crippen LogP contribution in [0, 0.1) is 6.92 Å². The van der Waals surface area contributed by atoms with E-state index in [1.807, 2.05) is 32.3 Å². The molecule has 0 bridgehead atoms. The number of hydrogen-bond donors (Lipinski definition) is 1. The molecular weight excluding hydrogens is 392 g/mol. The highest BCUT2D eigenvalue weighted by atomic mass is 16.5. The molecule has 0 unspecified atom stereocenters. The molecule has 9 nitrogen and oxygen atoms in total. The monoisotopic (exact) mass is 426 g/mol. The lowest BCUT2D eigenvalue weighted by Crippen LogP contribution is -2.39. The molecule has 2 aliphatic heterocycles. The summed E-state index contributed by atoms with van der Waals surface area (Å²) in [5.41, 5.74) is 1.03. The lowest BCUT2D eigenvalue weighted by atomic mass is 9.96. The molecule has 168 valence electrons. The first-order valence-electron chi connectivity index (χ1n) is 11.2. The van der Waals surface area contributed by atoms with Gasteiger partial charge in [-0.05, 0) is 38.9 Å². The van der Waals surface area contributed by atoms with Crippen molar-refractivity contribution in [2.75, 3.05) is 81.7 Å². The van der Waals surface area contributed by atoms with Crippen LogP contribution in [0.25, 0.3) is 0 Å². The van der Waals surface area contributed by atoms with E-state index in [2.05, 4.69) is 42.0 Å². The third-order valence-electron chi connectivity index (χ3n) is 6.14. The van der Waals surface area contributed by atoms with Crippen LogP contribution in [0.3, 0.4) is 0 Å². The molecule has 0 atom stereocenters. The van der Waals surface area contributed by atoms with Crippen molar-refractivity contribution in [3.05, 3.63) is 29.8 Å². The lowest BCUT2D eigenvalue weighted by Gasteiger charge is -2.32. The molecular formula is C22H34N8O. The highest BCUT2D eigenvalue weighted by Gasteiger charge is 2.23. The molecule has 0 aliphatic carbocycles. The summed E-state index contributed by atoms with van der Waals surface area (Å²) < 4.78 is 5.45. The maximum Gasteiger partial charge on any atom is 0.227 e. The molecule has 2 aromatic rings. The number of rotatable bonds is 7. The van der Waals surface area contributed by atoms with Gasteiger partial charge in [-0.1, -0.05) is 0 Å². The van der Waals surface area contributed by atoms with Gasteiger partial charge in [0, 0.05) is 64.1 Å². The number of nitrogens with zero attached hydrogens (tertiary/aromatic N) is 7. The lowest BCUT2D eigenvalue weighted by molar-refractivity contribution is 0.122. The number of aromatic nitrogens is 4. The molecule has 0 saturated carbocycles. The van der Waals surface area contributed by atoms with Gasteiger partial charge in [-0.25, -0.2) is 15.0 Å². The van der Waals surface area contributed by atoms with Gasteiger partial charge in [-0.15, -0.1) is 0 Å². The summed E-state index contributed by atoms with van der Waals surface area (Å²) in [6.07, 6.45) is 4.05. The zero-order valence-electron chi connectivity index (χ0n) is 18.9. The van der Waals surface area contributed by atoms with Crippen LogP contribution in [-0.2, 0) is 4.74 Å². The van der Waals surface area contributed by atoms with Crippen molar-refractivity contribution in [3.63, 3.8) is 0 Å². The molecule has 2 aromatic heterocycles. The van der Waals surface area contributed by atoms with Gasteiger partial charge in [0.15, 0.2) is 0 Å². The van der Waals surface area contributed by atoms with E-state index in [9.17, 15) is 0 Å². The van der Waals surface area contributed by atoms with Crippen molar-refractivity contribution in [1.82, 2.24) is 24.8 Å². The summed E-state index contributed by atoms with van der Waals surface area (Å²) in [5.74, 6) is 4.10. The second-order valence-electron chi connectivity index (χ2n) is 8.35. The number of ether oxygens (including phenoxy) is 1. The van der Waals surface area contributed by atoms with Gasteiger partial charge < -0.3 is 24.8 Å². The minimum atomic E-state index is 0.439. The molecule has 0 radical (unpaired) electrons. The zero-order valence-corrected chi connectivity index (χ0v) is 18.9. The van der Waals surface area contributed by atoms with Crippen molar-refractivity contribution in [2.45, 2.75) is 25.7 Å². The SMILES string of the molecule is CNc1cc(C)nc(C2CCN(CCN(C)c3nccc(N4CCOCC4)n3)CC2)n1. The Bertz CT molecular complexity index is 849. The summed E-state index contributed by atoms with van der Waals surface area (Å²) >= 11 is 0. The van der Waals surface area contributed by atoms with Crippen molar-refractivity contribution in [2.24, 2.45) is 0 Å². The molecule has 4 heterocycles. The topological polar surface area (TPSA) is 82.5 Å². The van der Waals surface area contributed by atoms with E-state index in [1.165, 1.54) is 0 Å². The number of likely N-dealkylation sites (N-methyl/N-ethyl adjacent to an activating group) is 1. The number of anilines is 3. The fourth-order valence-corrected chi connectivity index (χ4v) is 4.20. The molecule has 2 fully saturated rings. The fourth-order valence-electron chi connectivity index (χ4n) is 4.20. The van der Waals surface area contributed by atoms with Crippen LogP contribution in [0.15, 0.2) is 18.3 Å². The van der Waals surface area contributed by atoms with E-state index >= 15 is 0 Å². The predicted octanol–water partition coefficient (Wildman–Crippen LogP) is 1.77. The van der Waals surface area contributed by atoms with Crippen molar-refractivity contribution < 1.29 is 4.74 Å². The molecule has 2 saturated heterocycles. The maximum absolute atomic E-state index is 5.45. The second-order valence-corrected chi connectivity index (χ2v) is 8.35. The van der Waals surface area contributed by atoms with Gasteiger partial charge in [0.2, 0.25) is 5.95 Å². The third-order valence-corrected chi connectivity index (χ3v) is 6.14. The first-order valence-corrected chi connectivity index (χ1v) is 11.2. The molecule has 9 heteroatoms. The van der Waals surface area contributed by atoms with Crippen molar-refractivity contribution in [1.29, 1.82) is 0 Å². The standard InChI is InChI=1S/C22H34N8O/c1-17-16-19(23-2)26-21(25-17)18-5-8-29(9-6-18)11-10-28(3)22-24-7-4-20(27-22)30-12-14-31-15-13-30/h4,7,16,18H,5-6,8-15H2,1-3H3,(H,23,25,26). The Morgan fingerprint density at radius 2 is 1.90 bits per heavy atom. The van der Waals surface area contributed by atoms with Gasteiger partial charge in [-0.3, -0.25) is 0 Å². The van der Waals surface area contributed by atoms with Crippen LogP contribution in [-0.4, -0.2) is 91.4 Å². The Hall–Kier alpha value is -2.52. The first kappa shape index (κ1) is 21.7. The smallest absolute Gasteiger partial charge is 0.227 e. The van der Waals surface area contributed by atoms with Gasteiger partial charge in [0.1, 0.15) is 17.5 Å². The summed E-state index contributed by atoms with van der Waals surface area (Å²) in [6.45, 7) is 9.37. The van der Waals surface area contributed by atoms with Crippen LogP contribution in [0.5, 0.6) is 0 Å². The second kappa shape index (κ2) is 10.2. The highest BCUT2D eigenvalue weighted by molar-refractivity contribution is 5.43. The number of morpholine rings is 1. The van der Waals surface area contributed by atoms with Crippen molar-refractivity contribution >= 4 is 17.6 Å². The van der Waals surface area contributed by atoms with E-state index in [1.54, 1.807) is 0 Å². The maximum atomic E-state index is 5.45. The number of hydrogen-bond acceptors (Lipinski definition) is 9. The Morgan fingerprint density at radius 1 is 1.13 bits per heavy atom. The van der Waals surface area contributed by atoms with E-state index in [4.69, 9.17) is 9.72 Å². The Labute approximate surface area is 184 Å². The number of likely N-dealkylation sites (tertiary alicyclic amines) is 1. The van der Waals surface area contributed by atoms with Crippen LogP contribution in [0.4, 0.5) is 17.6 Å². The van der Waals surface area contributed by atoms with Crippen molar-refractivity contribution in [3.8, 4) is 0 Å². The molecule has 1 N–H and O–H groups in total. The van der Waals surface area contributed by atoms with Crippen LogP contribution in [0.1, 0.15) is 30.3 Å². The van der Waals surface area contributed by atoms with E-state index in [0.717, 1.165) is 94.4 Å². The van der Waals surface area contributed by atoms with E-state index in [0.29, 0.717) is 5.92 Å². The summed E-state index contributed by atoms with van der Waals surface area (Å²) in [7, 11) is 3.98. The van der Waals surface area contributed by atoms with Gasteiger partial charge in [0.25, 0.3) is 0 Å². The highest BCUT2D eigenvalue weighted by Crippen LogP contribution is 2.26. The summed E-state index contributed by atoms with van der Waals surface area (Å²) in [4.78, 5) is 25.6. The predicted molar refractivity (Wildman–Crippen MR) is 123 cm³/mol. The number of aryl methyl sites for hydroxylation is 1. The average molecular weight is 427 g/mol. The third kappa shape index (κ3) is 5.59. The molecule has 2 aliphatic rings. The minimum Gasteiger partial charge on any atom is -0.378 e. The molecule has 0 amide bonds. The van der Waals surface area contributed by atoms with Crippen LogP contribution >= 0.6 is 0 Å². The molecule has 0 spiro atoms. The summed E-state index contributed by atoms with van der Waals surface area (Å²) in [5, 5.41) is 3.14. The van der Waals surface area contributed by atoms with Gasteiger partial charge in [-0.2, -0.15) is 4.98 Å². The van der Waals surface area contributed by atoms with E-state index < -0.39 is 0 Å². The van der Waals surface area contributed by atoms with Crippen LogP contribution < -0.4 is 15.1 Å². The normalized spacial score (nSPS) is 18.2. The quantitative estimate of drug-likeness (QED) is 0.712. The van der Waals surface area contributed by atoms with Gasteiger partial charge >= 0.3 is 0 Å². The Balaban J connectivity index is 1.27. The van der Waals surface area contributed by atoms with E-state index in [-0.39, 0.29) is 0 Å². The number of piperidine rings is 1. The zero-order chi connectivity index (χ0) is 21.6. The molecule has 0 aromatic carbocycles. The van der Waals surface area contributed by atoms with Gasteiger partial charge in [0.05, 0.1) is 13.2 Å². The first-order chi connectivity index (χ1) is 15.1. The fraction of sp³-hybridized carbons (Fsp3) is 0.636. The Kier molecular flexibility index (Phi) is 7.14. The minimum absolute atomic E-state index is 0.439. The summed E-state index contributed by atoms with van der Waals surface area (Å²) in [6, 6.07) is 3.98. The van der Waals surface area contributed by atoms with Crippen LogP contribution in [0.2, 0.25) is 0 Å². The average Bonchev–Trinajstić information content (AvgIpc) is 2.83. The number of nitrogens with one attached hydrogen (secondary N) is 1. The Morgan fingerprint density at radius 3 is 2.65 bits per heavy atom.